The lowest BCUT2D eigenvalue weighted by atomic mass is 9.87. The monoisotopic (exact) mass is 308 g/mol. The Morgan fingerprint density at radius 2 is 1.95 bits per heavy atom. The highest BCUT2D eigenvalue weighted by Gasteiger charge is 2.30. The van der Waals surface area contributed by atoms with E-state index in [-0.39, 0.29) is 24.1 Å². The summed E-state index contributed by atoms with van der Waals surface area (Å²) in [5, 5.41) is 19.6. The average molecular weight is 308 g/mol. The predicted molar refractivity (Wildman–Crippen MR) is 67.6 cm³/mol. The molecule has 1 unspecified atom stereocenters. The molecule has 120 valence electrons. The number of carboxylic acids is 1. The molecule has 0 saturated carbocycles. The van der Waals surface area contributed by atoms with Gasteiger partial charge < -0.3 is 5.11 Å². The van der Waals surface area contributed by atoms with Gasteiger partial charge in [0.1, 0.15) is 0 Å². The van der Waals surface area contributed by atoms with Crippen LogP contribution in [0.25, 0.3) is 0 Å². The Labute approximate surface area is 120 Å². The first-order valence-corrected chi connectivity index (χ1v) is 6.53. The van der Waals surface area contributed by atoms with Crippen LogP contribution in [0.4, 0.5) is 13.2 Å². The Morgan fingerprint density at radius 1 is 1.33 bits per heavy atom. The van der Waals surface area contributed by atoms with E-state index in [9.17, 15) is 18.0 Å². The number of carboxylic acid groups (broad SMARTS) is 1. The van der Waals surface area contributed by atoms with E-state index < -0.39 is 24.6 Å². The molecule has 0 aliphatic rings. The van der Waals surface area contributed by atoms with Crippen molar-refractivity contribution in [2.45, 2.75) is 58.7 Å². The van der Waals surface area contributed by atoms with Crippen LogP contribution < -0.4 is 0 Å². The smallest absolute Gasteiger partial charge is 0.389 e. The first-order valence-electron chi connectivity index (χ1n) is 6.53. The third kappa shape index (κ3) is 6.54. The van der Waals surface area contributed by atoms with Crippen LogP contribution in [0.2, 0.25) is 0 Å². The molecule has 6 nitrogen and oxygen atoms in total. The number of nitrogens with zero attached hydrogens (tertiary/aromatic N) is 4. The van der Waals surface area contributed by atoms with E-state index in [1.54, 1.807) is 0 Å². The van der Waals surface area contributed by atoms with E-state index in [2.05, 4.69) is 15.5 Å². The second-order valence-electron chi connectivity index (χ2n) is 6.17. The Balaban J connectivity index is 2.92. The number of halogens is 3. The average Bonchev–Trinajstić information content (AvgIpc) is 2.69. The molecule has 0 radical (unpaired) electrons. The summed E-state index contributed by atoms with van der Waals surface area (Å²) >= 11 is 0. The topological polar surface area (TPSA) is 80.9 Å². The van der Waals surface area contributed by atoms with Crippen molar-refractivity contribution in [3.05, 3.63) is 5.82 Å². The van der Waals surface area contributed by atoms with E-state index in [1.165, 1.54) is 4.68 Å². The molecule has 1 aromatic heterocycles. The molecular formula is C12H19F3N4O2. The van der Waals surface area contributed by atoms with E-state index in [1.807, 2.05) is 20.8 Å². The van der Waals surface area contributed by atoms with Gasteiger partial charge in [-0.2, -0.15) is 13.2 Å². The summed E-state index contributed by atoms with van der Waals surface area (Å²) in [5.74, 6) is -0.982. The zero-order valence-electron chi connectivity index (χ0n) is 12.2. The number of aromatic nitrogens is 4. The molecule has 0 aromatic carbocycles. The van der Waals surface area contributed by atoms with Gasteiger partial charge in [-0.15, -0.1) is 5.10 Å². The van der Waals surface area contributed by atoms with E-state index in [0.29, 0.717) is 6.42 Å². The van der Waals surface area contributed by atoms with Gasteiger partial charge in [0.25, 0.3) is 0 Å². The maximum Gasteiger partial charge on any atom is 0.389 e. The quantitative estimate of drug-likeness (QED) is 0.873. The molecule has 0 fully saturated rings. The molecule has 0 spiro atoms. The molecule has 21 heavy (non-hydrogen) atoms. The molecule has 1 rings (SSSR count). The van der Waals surface area contributed by atoms with E-state index >= 15 is 0 Å². The van der Waals surface area contributed by atoms with Crippen molar-refractivity contribution < 1.29 is 23.1 Å². The lowest BCUT2D eigenvalue weighted by Gasteiger charge is -2.25. The molecule has 9 heteroatoms. The van der Waals surface area contributed by atoms with Gasteiger partial charge >= 0.3 is 12.1 Å². The molecular weight excluding hydrogens is 289 g/mol. The zero-order valence-corrected chi connectivity index (χ0v) is 12.2. The first kappa shape index (κ1) is 17.4. The summed E-state index contributed by atoms with van der Waals surface area (Å²) in [6.45, 7) is 5.75. The fraction of sp³-hybridized carbons (Fsp3) is 0.833. The van der Waals surface area contributed by atoms with Crippen molar-refractivity contribution in [2.24, 2.45) is 5.41 Å². The van der Waals surface area contributed by atoms with Crippen LogP contribution in [-0.2, 0) is 11.2 Å². The molecule has 0 saturated heterocycles. The summed E-state index contributed by atoms with van der Waals surface area (Å²) < 4.78 is 38.1. The number of aryl methyl sites for hydroxylation is 1. The summed E-state index contributed by atoms with van der Waals surface area (Å²) in [7, 11) is 0. The number of aliphatic carboxylic acids is 1. The maximum atomic E-state index is 12.3. The minimum atomic E-state index is -4.30. The second-order valence-corrected chi connectivity index (χ2v) is 6.17. The van der Waals surface area contributed by atoms with Gasteiger partial charge in [0.2, 0.25) is 0 Å². The highest BCUT2D eigenvalue weighted by Crippen LogP contribution is 2.30. The summed E-state index contributed by atoms with van der Waals surface area (Å²) in [6, 6.07) is -0.569. The van der Waals surface area contributed by atoms with Crippen molar-refractivity contribution in [1.82, 2.24) is 20.2 Å². The van der Waals surface area contributed by atoms with Crippen LogP contribution in [0.5, 0.6) is 0 Å². The van der Waals surface area contributed by atoms with Crippen molar-refractivity contribution >= 4 is 5.97 Å². The molecule has 1 aromatic rings. The Hall–Kier alpha value is -1.67. The fourth-order valence-corrected chi connectivity index (χ4v) is 2.07. The summed E-state index contributed by atoms with van der Waals surface area (Å²) in [5.41, 5.74) is -0.201. The van der Waals surface area contributed by atoms with E-state index in [4.69, 9.17) is 5.11 Å². The first-order chi connectivity index (χ1) is 9.48. The molecule has 1 N–H and O–H groups in total. The van der Waals surface area contributed by atoms with Crippen LogP contribution in [0.1, 0.15) is 51.9 Å². The van der Waals surface area contributed by atoms with Crippen LogP contribution in [0, 0.1) is 5.41 Å². The SMILES string of the molecule is CC(C)(C)CC(CC(=O)O)n1nnnc1CCC(F)(F)F. The third-order valence-corrected chi connectivity index (χ3v) is 2.80. The van der Waals surface area contributed by atoms with Crippen LogP contribution >= 0.6 is 0 Å². The minimum Gasteiger partial charge on any atom is -0.481 e. The highest BCUT2D eigenvalue weighted by atomic mass is 19.4. The molecule has 0 aliphatic heterocycles. The number of hydrogen-bond acceptors (Lipinski definition) is 4. The van der Waals surface area contributed by atoms with Gasteiger partial charge in [-0.25, -0.2) is 4.68 Å². The molecule has 0 amide bonds. The maximum absolute atomic E-state index is 12.3. The van der Waals surface area contributed by atoms with Crippen LogP contribution in [0.15, 0.2) is 0 Å². The lowest BCUT2D eigenvalue weighted by Crippen LogP contribution is -2.23. The Kier molecular flexibility index (Phi) is 5.30. The van der Waals surface area contributed by atoms with Crippen molar-refractivity contribution in [2.75, 3.05) is 0 Å². The van der Waals surface area contributed by atoms with Crippen LogP contribution in [0.3, 0.4) is 0 Å². The summed E-state index contributed by atoms with van der Waals surface area (Å²) in [4.78, 5) is 11.0. The molecule has 0 bridgehead atoms. The number of hydrogen-bond donors (Lipinski definition) is 1. The van der Waals surface area contributed by atoms with Crippen molar-refractivity contribution in [3.63, 3.8) is 0 Å². The van der Waals surface area contributed by atoms with Crippen molar-refractivity contribution in [1.29, 1.82) is 0 Å². The Bertz CT molecular complexity index is 480. The zero-order chi connectivity index (χ0) is 16.3. The highest BCUT2D eigenvalue weighted by molar-refractivity contribution is 5.67. The fourth-order valence-electron chi connectivity index (χ4n) is 2.07. The Morgan fingerprint density at radius 3 is 2.43 bits per heavy atom. The standard InChI is InChI=1S/C12H19F3N4O2/c1-11(2,3)7-8(6-10(20)21)19-9(16-17-18-19)4-5-12(13,14)15/h8H,4-7H2,1-3H3,(H,20,21). The predicted octanol–water partition coefficient (Wildman–Crippen LogP) is 2.62. The van der Waals surface area contributed by atoms with Crippen LogP contribution in [-0.4, -0.2) is 37.5 Å². The number of rotatable bonds is 6. The molecule has 0 aliphatic carbocycles. The summed E-state index contributed by atoms with van der Waals surface area (Å²) in [6.07, 6.45) is -5.49. The van der Waals surface area contributed by atoms with Crippen molar-refractivity contribution in [3.8, 4) is 0 Å². The van der Waals surface area contributed by atoms with Gasteiger partial charge in [-0.1, -0.05) is 20.8 Å². The molecule has 1 atom stereocenters. The third-order valence-electron chi connectivity index (χ3n) is 2.80. The number of carbonyl (C=O) groups is 1. The normalized spacial score (nSPS) is 14.2. The largest absolute Gasteiger partial charge is 0.481 e. The number of alkyl halides is 3. The van der Waals surface area contributed by atoms with Gasteiger partial charge in [-0.3, -0.25) is 4.79 Å². The minimum absolute atomic E-state index is 0.0582. The molecule has 1 heterocycles. The van der Waals surface area contributed by atoms with E-state index in [0.717, 1.165) is 0 Å². The lowest BCUT2D eigenvalue weighted by molar-refractivity contribution is -0.138. The van der Waals surface area contributed by atoms with Gasteiger partial charge in [-0.05, 0) is 22.3 Å². The van der Waals surface area contributed by atoms with Gasteiger partial charge in [0.15, 0.2) is 5.82 Å². The number of tetrazole rings is 1. The second kappa shape index (κ2) is 6.40. The van der Waals surface area contributed by atoms with Gasteiger partial charge in [0, 0.05) is 6.42 Å². The van der Waals surface area contributed by atoms with Gasteiger partial charge in [0.05, 0.1) is 18.9 Å².